The normalized spacial score (nSPS) is 12.4. The van der Waals surface area contributed by atoms with Crippen LogP contribution in [-0.4, -0.2) is 16.1 Å². The van der Waals surface area contributed by atoms with Gasteiger partial charge in [0.15, 0.2) is 4.34 Å². The average Bonchev–Trinajstić information content (AvgIpc) is 2.87. The summed E-state index contributed by atoms with van der Waals surface area (Å²) in [6, 6.07) is 15.1. The monoisotopic (exact) mass is 379 g/mol. The van der Waals surface area contributed by atoms with Gasteiger partial charge in [0.1, 0.15) is 5.25 Å². The highest BCUT2D eigenvalue weighted by molar-refractivity contribution is 9.10. The van der Waals surface area contributed by atoms with E-state index in [1.807, 2.05) is 48.5 Å². The molecule has 0 radical (unpaired) electrons. The summed E-state index contributed by atoms with van der Waals surface area (Å²) in [5.74, 6) is -0.855. The molecule has 3 nitrogen and oxygen atoms in total. The third-order valence-electron chi connectivity index (χ3n) is 2.88. The van der Waals surface area contributed by atoms with Gasteiger partial charge in [0.2, 0.25) is 0 Å². The van der Waals surface area contributed by atoms with Crippen molar-refractivity contribution in [2.45, 2.75) is 9.59 Å². The van der Waals surface area contributed by atoms with Gasteiger partial charge in [-0.1, -0.05) is 58.0 Å². The van der Waals surface area contributed by atoms with Crippen molar-refractivity contribution >= 4 is 55.2 Å². The molecule has 106 valence electrons. The predicted molar refractivity (Wildman–Crippen MR) is 90.0 cm³/mol. The van der Waals surface area contributed by atoms with Crippen molar-refractivity contribution in [3.05, 3.63) is 58.6 Å². The summed E-state index contributed by atoms with van der Waals surface area (Å²) in [6.45, 7) is 0. The Bertz CT molecular complexity index is 789. The van der Waals surface area contributed by atoms with Gasteiger partial charge in [0.25, 0.3) is 0 Å². The fraction of sp³-hybridized carbons (Fsp3) is 0.0667. The first kappa shape index (κ1) is 14.6. The summed E-state index contributed by atoms with van der Waals surface area (Å²) in [7, 11) is 0. The number of nitrogens with zero attached hydrogens (tertiary/aromatic N) is 1. The molecule has 0 fully saturated rings. The molecule has 0 aliphatic rings. The first-order valence-electron chi connectivity index (χ1n) is 6.14. The van der Waals surface area contributed by atoms with Gasteiger partial charge in [0, 0.05) is 4.47 Å². The van der Waals surface area contributed by atoms with Gasteiger partial charge < -0.3 is 5.11 Å². The molecule has 1 aromatic heterocycles. The van der Waals surface area contributed by atoms with E-state index in [1.54, 1.807) is 0 Å². The first-order valence-corrected chi connectivity index (χ1v) is 8.63. The number of rotatable bonds is 4. The van der Waals surface area contributed by atoms with Crippen molar-refractivity contribution < 1.29 is 9.90 Å². The molecule has 0 bridgehead atoms. The molecular weight excluding hydrogens is 370 g/mol. The van der Waals surface area contributed by atoms with Crippen LogP contribution < -0.4 is 0 Å². The molecule has 0 spiro atoms. The number of hydrogen-bond acceptors (Lipinski definition) is 4. The van der Waals surface area contributed by atoms with Crippen LogP contribution in [0.1, 0.15) is 10.8 Å². The molecule has 1 atom stereocenters. The summed E-state index contributed by atoms with van der Waals surface area (Å²) in [6.07, 6.45) is 0. The Hall–Kier alpha value is -1.37. The Balaban J connectivity index is 1.93. The third-order valence-corrected chi connectivity index (χ3v) is 5.74. The molecule has 1 N–H and O–H groups in total. The van der Waals surface area contributed by atoms with Gasteiger partial charge in [-0.15, -0.1) is 11.3 Å². The Morgan fingerprint density at radius 1 is 1.24 bits per heavy atom. The van der Waals surface area contributed by atoms with Crippen molar-refractivity contribution in [2.75, 3.05) is 0 Å². The minimum absolute atomic E-state index is 0.643. The number of hydrogen-bond donors (Lipinski definition) is 1. The smallest absolute Gasteiger partial charge is 0.321 e. The second-order valence-corrected chi connectivity index (χ2v) is 7.64. The second kappa shape index (κ2) is 6.17. The largest absolute Gasteiger partial charge is 0.480 e. The highest BCUT2D eigenvalue weighted by Gasteiger charge is 2.22. The van der Waals surface area contributed by atoms with Gasteiger partial charge in [-0.3, -0.25) is 4.79 Å². The van der Waals surface area contributed by atoms with Crippen LogP contribution in [0.5, 0.6) is 0 Å². The van der Waals surface area contributed by atoms with E-state index in [4.69, 9.17) is 0 Å². The molecule has 3 rings (SSSR count). The molecule has 6 heteroatoms. The Morgan fingerprint density at radius 3 is 2.71 bits per heavy atom. The third kappa shape index (κ3) is 3.28. The van der Waals surface area contributed by atoms with E-state index in [2.05, 4.69) is 20.9 Å². The molecule has 21 heavy (non-hydrogen) atoms. The predicted octanol–water partition coefficient (Wildman–Crippen LogP) is 4.98. The zero-order chi connectivity index (χ0) is 14.8. The topological polar surface area (TPSA) is 50.2 Å². The van der Waals surface area contributed by atoms with E-state index in [0.717, 1.165) is 24.6 Å². The number of carboxylic acid groups (broad SMARTS) is 1. The van der Waals surface area contributed by atoms with Crippen molar-refractivity contribution in [1.29, 1.82) is 0 Å². The van der Waals surface area contributed by atoms with E-state index in [9.17, 15) is 9.90 Å². The number of benzene rings is 2. The van der Waals surface area contributed by atoms with Crippen LogP contribution in [-0.2, 0) is 4.79 Å². The van der Waals surface area contributed by atoms with Gasteiger partial charge in [-0.25, -0.2) is 4.98 Å². The average molecular weight is 380 g/mol. The molecule has 1 unspecified atom stereocenters. The second-order valence-electron chi connectivity index (χ2n) is 4.34. The molecule has 0 aliphatic carbocycles. The molecule has 2 aromatic carbocycles. The Kier molecular flexibility index (Phi) is 4.28. The summed E-state index contributed by atoms with van der Waals surface area (Å²) in [5.41, 5.74) is 1.66. The maximum atomic E-state index is 11.5. The molecule has 0 saturated heterocycles. The molecule has 0 amide bonds. The lowest BCUT2D eigenvalue weighted by molar-refractivity contribution is -0.136. The van der Waals surface area contributed by atoms with E-state index in [-0.39, 0.29) is 0 Å². The van der Waals surface area contributed by atoms with E-state index in [0.29, 0.717) is 0 Å². The number of carbonyl (C=O) groups is 1. The lowest BCUT2D eigenvalue weighted by Gasteiger charge is -2.09. The zero-order valence-electron chi connectivity index (χ0n) is 10.7. The molecule has 3 aromatic rings. The maximum absolute atomic E-state index is 11.5. The van der Waals surface area contributed by atoms with Crippen molar-refractivity contribution in [3.63, 3.8) is 0 Å². The maximum Gasteiger partial charge on any atom is 0.321 e. The highest BCUT2D eigenvalue weighted by atomic mass is 79.9. The number of aliphatic carboxylic acids is 1. The first-order chi connectivity index (χ1) is 10.1. The standard InChI is InChI=1S/C15H10BrNO2S2/c16-10-6-7-12-11(8-10)17-15(20-12)21-13(14(18)19)9-4-2-1-3-5-9/h1-8,13H,(H,18,19). The van der Waals surface area contributed by atoms with Crippen LogP contribution in [0.3, 0.4) is 0 Å². The number of halogens is 1. The van der Waals surface area contributed by atoms with E-state index >= 15 is 0 Å². The highest BCUT2D eigenvalue weighted by Crippen LogP contribution is 2.39. The lowest BCUT2D eigenvalue weighted by atomic mass is 10.1. The fourth-order valence-electron chi connectivity index (χ4n) is 1.92. The summed E-state index contributed by atoms with van der Waals surface area (Å²) < 4.78 is 2.78. The molecule has 0 aliphatic heterocycles. The minimum atomic E-state index is -0.855. The lowest BCUT2D eigenvalue weighted by Crippen LogP contribution is -2.07. The van der Waals surface area contributed by atoms with Gasteiger partial charge in [0.05, 0.1) is 10.2 Å². The van der Waals surface area contributed by atoms with Crippen LogP contribution in [0.15, 0.2) is 57.3 Å². The molecule has 0 saturated carbocycles. The molecular formula is C15H10BrNO2S2. The number of carboxylic acids is 1. The van der Waals surface area contributed by atoms with Crippen LogP contribution in [0.4, 0.5) is 0 Å². The number of thiazole rings is 1. The Morgan fingerprint density at radius 2 is 2.00 bits per heavy atom. The van der Waals surface area contributed by atoms with Crippen molar-refractivity contribution in [1.82, 2.24) is 4.98 Å². The number of aromatic nitrogens is 1. The van der Waals surface area contributed by atoms with Crippen LogP contribution >= 0.6 is 39.0 Å². The summed E-state index contributed by atoms with van der Waals surface area (Å²) >= 11 is 6.20. The van der Waals surface area contributed by atoms with Crippen molar-refractivity contribution in [2.24, 2.45) is 0 Å². The number of fused-ring (bicyclic) bond motifs is 1. The summed E-state index contributed by atoms with van der Waals surface area (Å²) in [4.78, 5) is 16.0. The van der Waals surface area contributed by atoms with E-state index in [1.165, 1.54) is 23.1 Å². The zero-order valence-corrected chi connectivity index (χ0v) is 13.9. The van der Waals surface area contributed by atoms with Crippen molar-refractivity contribution in [3.8, 4) is 0 Å². The fourth-order valence-corrected chi connectivity index (χ4v) is 4.44. The summed E-state index contributed by atoms with van der Waals surface area (Å²) in [5, 5.41) is 8.81. The van der Waals surface area contributed by atoms with Gasteiger partial charge in [-0.05, 0) is 23.8 Å². The SMILES string of the molecule is O=C(O)C(Sc1nc2cc(Br)ccc2s1)c1ccccc1. The number of thioether (sulfide) groups is 1. The van der Waals surface area contributed by atoms with Crippen LogP contribution in [0.2, 0.25) is 0 Å². The van der Waals surface area contributed by atoms with Gasteiger partial charge >= 0.3 is 5.97 Å². The molecule has 1 heterocycles. The minimum Gasteiger partial charge on any atom is -0.480 e. The van der Waals surface area contributed by atoms with Crippen LogP contribution in [0, 0.1) is 0 Å². The van der Waals surface area contributed by atoms with Gasteiger partial charge in [-0.2, -0.15) is 0 Å². The Labute approximate surface area is 138 Å². The van der Waals surface area contributed by atoms with Crippen LogP contribution in [0.25, 0.3) is 10.2 Å². The van der Waals surface area contributed by atoms with E-state index < -0.39 is 11.2 Å². The quantitative estimate of drug-likeness (QED) is 0.649.